The van der Waals surface area contributed by atoms with Crippen LogP contribution in [0.1, 0.15) is 20.3 Å². The first kappa shape index (κ1) is 12.9. The summed E-state index contributed by atoms with van der Waals surface area (Å²) >= 11 is 0. The molecule has 3 nitrogen and oxygen atoms in total. The van der Waals surface area contributed by atoms with Gasteiger partial charge in [0.2, 0.25) is 0 Å². The summed E-state index contributed by atoms with van der Waals surface area (Å²) < 4.78 is 21.7. The molecule has 0 aliphatic rings. The van der Waals surface area contributed by atoms with Crippen LogP contribution in [0, 0.1) is 5.92 Å². The van der Waals surface area contributed by atoms with Crippen LogP contribution in [-0.2, 0) is 9.84 Å². The van der Waals surface area contributed by atoms with Crippen LogP contribution in [0.3, 0.4) is 0 Å². The average molecular weight is 207 g/mol. The van der Waals surface area contributed by atoms with E-state index in [2.05, 4.69) is 18.7 Å². The fourth-order valence-electron chi connectivity index (χ4n) is 0.912. The summed E-state index contributed by atoms with van der Waals surface area (Å²) in [6.45, 7) is 5.97. The second-order valence-corrected chi connectivity index (χ2v) is 6.38. The maximum absolute atomic E-state index is 10.8. The van der Waals surface area contributed by atoms with Gasteiger partial charge in [-0.25, -0.2) is 8.42 Å². The van der Waals surface area contributed by atoms with Crippen molar-refractivity contribution in [1.29, 1.82) is 0 Å². The van der Waals surface area contributed by atoms with Crippen molar-refractivity contribution in [3.8, 4) is 0 Å². The van der Waals surface area contributed by atoms with Crippen molar-refractivity contribution in [3.05, 3.63) is 0 Å². The molecule has 0 radical (unpaired) electrons. The smallest absolute Gasteiger partial charge is 0.148 e. The van der Waals surface area contributed by atoms with Crippen LogP contribution in [-0.4, -0.2) is 45.5 Å². The Morgan fingerprint density at radius 1 is 1.23 bits per heavy atom. The Kier molecular flexibility index (Phi) is 5.56. The maximum atomic E-state index is 10.8. The van der Waals surface area contributed by atoms with Crippen LogP contribution in [0.5, 0.6) is 0 Å². The topological polar surface area (TPSA) is 37.4 Å². The monoisotopic (exact) mass is 207 g/mol. The van der Waals surface area contributed by atoms with Crippen LogP contribution in [0.2, 0.25) is 0 Å². The molecule has 0 unspecified atom stereocenters. The molecule has 0 aliphatic carbocycles. The minimum absolute atomic E-state index is 0.265. The van der Waals surface area contributed by atoms with Gasteiger partial charge >= 0.3 is 0 Å². The molecule has 13 heavy (non-hydrogen) atoms. The largest absolute Gasteiger partial charge is 0.305 e. The Morgan fingerprint density at radius 3 is 2.15 bits per heavy atom. The third-order valence-corrected chi connectivity index (χ3v) is 2.86. The molecule has 0 spiro atoms. The van der Waals surface area contributed by atoms with Crippen molar-refractivity contribution in [2.75, 3.05) is 32.1 Å². The lowest BCUT2D eigenvalue weighted by atomic mass is 10.1. The quantitative estimate of drug-likeness (QED) is 0.652. The van der Waals surface area contributed by atoms with Crippen LogP contribution in [0.25, 0.3) is 0 Å². The first-order chi connectivity index (χ1) is 5.81. The molecule has 0 aromatic carbocycles. The molecule has 4 heteroatoms. The molecule has 0 aromatic heterocycles. The zero-order valence-corrected chi connectivity index (χ0v) is 9.89. The molecule has 80 valence electrons. The van der Waals surface area contributed by atoms with Gasteiger partial charge in [0.25, 0.3) is 0 Å². The molecule has 0 heterocycles. The summed E-state index contributed by atoms with van der Waals surface area (Å²) in [4.78, 5) is 2.07. The third kappa shape index (κ3) is 9.83. The summed E-state index contributed by atoms with van der Waals surface area (Å²) in [7, 11) is -0.834. The normalized spacial score (nSPS) is 12.8. The third-order valence-electron chi connectivity index (χ3n) is 1.93. The summed E-state index contributed by atoms with van der Waals surface area (Å²) in [5, 5.41) is 0. The summed E-state index contributed by atoms with van der Waals surface area (Å²) in [5.74, 6) is 0.947. The molecule has 0 aromatic rings. The van der Waals surface area contributed by atoms with Gasteiger partial charge in [0.05, 0.1) is 5.75 Å². The number of rotatable bonds is 6. The molecule has 0 saturated heterocycles. The first-order valence-corrected chi connectivity index (χ1v) is 6.73. The number of nitrogens with zero attached hydrogens (tertiary/aromatic N) is 1. The predicted octanol–water partition coefficient (Wildman–Crippen LogP) is 1.01. The van der Waals surface area contributed by atoms with E-state index in [9.17, 15) is 8.42 Å². The van der Waals surface area contributed by atoms with Crippen molar-refractivity contribution in [2.45, 2.75) is 20.3 Å². The second-order valence-electron chi connectivity index (χ2n) is 4.12. The zero-order chi connectivity index (χ0) is 10.5. The Labute approximate surface area is 82.0 Å². The van der Waals surface area contributed by atoms with Gasteiger partial charge in [0.1, 0.15) is 9.84 Å². The van der Waals surface area contributed by atoms with E-state index >= 15 is 0 Å². The van der Waals surface area contributed by atoms with E-state index in [4.69, 9.17) is 0 Å². The van der Waals surface area contributed by atoms with E-state index < -0.39 is 9.84 Å². The first-order valence-electron chi connectivity index (χ1n) is 4.67. The predicted molar refractivity (Wildman–Crippen MR) is 56.7 cm³/mol. The Balaban J connectivity index is 3.58. The van der Waals surface area contributed by atoms with Gasteiger partial charge in [-0.1, -0.05) is 13.8 Å². The molecule has 0 aliphatic heterocycles. The molecule has 0 atom stereocenters. The van der Waals surface area contributed by atoms with Gasteiger partial charge in [-0.3, -0.25) is 0 Å². The molecule has 0 amide bonds. The molecular formula is C9H21NO2S. The molecule has 0 fully saturated rings. The lowest BCUT2D eigenvalue weighted by Gasteiger charge is -2.16. The van der Waals surface area contributed by atoms with Crippen LogP contribution in [0.15, 0.2) is 0 Å². The van der Waals surface area contributed by atoms with Crippen molar-refractivity contribution in [1.82, 2.24) is 4.90 Å². The van der Waals surface area contributed by atoms with Crippen molar-refractivity contribution in [3.63, 3.8) is 0 Å². The van der Waals surface area contributed by atoms with Crippen LogP contribution >= 0.6 is 0 Å². The van der Waals surface area contributed by atoms with E-state index in [1.54, 1.807) is 0 Å². The zero-order valence-electron chi connectivity index (χ0n) is 9.08. The van der Waals surface area contributed by atoms with Crippen LogP contribution < -0.4 is 0 Å². The van der Waals surface area contributed by atoms with Crippen molar-refractivity contribution >= 4 is 9.84 Å². The van der Waals surface area contributed by atoms with Crippen molar-refractivity contribution in [2.24, 2.45) is 5.92 Å². The highest BCUT2D eigenvalue weighted by Gasteiger charge is 2.05. The number of sulfone groups is 1. The van der Waals surface area contributed by atoms with E-state index in [1.165, 1.54) is 6.26 Å². The summed E-state index contributed by atoms with van der Waals surface area (Å²) in [6, 6.07) is 0. The molecule has 0 N–H and O–H groups in total. The van der Waals surface area contributed by atoms with E-state index in [1.807, 2.05) is 7.05 Å². The SMILES string of the molecule is CC(C)CCN(C)CCS(C)(=O)=O. The Morgan fingerprint density at radius 2 is 1.77 bits per heavy atom. The highest BCUT2D eigenvalue weighted by molar-refractivity contribution is 7.90. The van der Waals surface area contributed by atoms with E-state index in [0.29, 0.717) is 12.5 Å². The van der Waals surface area contributed by atoms with Crippen molar-refractivity contribution < 1.29 is 8.42 Å². The van der Waals surface area contributed by atoms with E-state index in [-0.39, 0.29) is 5.75 Å². The fraction of sp³-hybridized carbons (Fsp3) is 1.00. The Bertz CT molecular complexity index is 222. The van der Waals surface area contributed by atoms with Gasteiger partial charge in [-0.2, -0.15) is 0 Å². The standard InChI is InChI=1S/C9H21NO2S/c1-9(2)5-6-10(3)7-8-13(4,11)12/h9H,5-8H2,1-4H3. The Hall–Kier alpha value is -0.0900. The van der Waals surface area contributed by atoms with Gasteiger partial charge in [0.15, 0.2) is 0 Å². The van der Waals surface area contributed by atoms with Gasteiger partial charge in [0, 0.05) is 12.8 Å². The minimum atomic E-state index is -2.80. The molecule has 0 rings (SSSR count). The van der Waals surface area contributed by atoms with E-state index in [0.717, 1.165) is 13.0 Å². The van der Waals surface area contributed by atoms with Crippen LogP contribution in [0.4, 0.5) is 0 Å². The van der Waals surface area contributed by atoms with Gasteiger partial charge in [-0.05, 0) is 25.9 Å². The fourth-order valence-corrected chi connectivity index (χ4v) is 1.56. The highest BCUT2D eigenvalue weighted by Crippen LogP contribution is 2.00. The lowest BCUT2D eigenvalue weighted by Crippen LogP contribution is -2.26. The van der Waals surface area contributed by atoms with Gasteiger partial charge < -0.3 is 4.90 Å². The summed E-state index contributed by atoms with van der Waals surface area (Å²) in [5.41, 5.74) is 0. The number of hydrogen-bond acceptors (Lipinski definition) is 3. The summed E-state index contributed by atoms with van der Waals surface area (Å²) in [6.07, 6.45) is 2.41. The molecule has 0 bridgehead atoms. The number of hydrogen-bond donors (Lipinski definition) is 0. The molecule has 0 saturated carbocycles. The minimum Gasteiger partial charge on any atom is -0.305 e. The highest BCUT2D eigenvalue weighted by atomic mass is 32.2. The van der Waals surface area contributed by atoms with Gasteiger partial charge in [-0.15, -0.1) is 0 Å². The second kappa shape index (κ2) is 5.60. The maximum Gasteiger partial charge on any atom is 0.148 e. The lowest BCUT2D eigenvalue weighted by molar-refractivity contribution is 0.326. The average Bonchev–Trinajstić information content (AvgIpc) is 1.95. The molecular weight excluding hydrogens is 186 g/mol.